The fraction of sp³-hybridized carbons (Fsp3) is 0.538. The van der Waals surface area contributed by atoms with Crippen LogP contribution in [0.25, 0.3) is 0 Å². The van der Waals surface area contributed by atoms with Crippen LogP contribution in [0.4, 0.5) is 5.82 Å². The number of nitrogens with one attached hydrogen (secondary N) is 1. The topological polar surface area (TPSA) is 135 Å². The Hall–Kier alpha value is -2.69. The first-order valence-corrected chi connectivity index (χ1v) is 14.0. The molecule has 9 nitrogen and oxygen atoms in total. The average molecular weight is 519 g/mol. The number of anilines is 1. The van der Waals surface area contributed by atoms with Gasteiger partial charge in [-0.1, -0.05) is 13.0 Å². The van der Waals surface area contributed by atoms with E-state index in [2.05, 4.69) is 9.71 Å². The fourth-order valence-corrected chi connectivity index (χ4v) is 5.41. The maximum Gasteiger partial charge on any atom is 0.339 e. The van der Waals surface area contributed by atoms with Crippen LogP contribution in [0.2, 0.25) is 0 Å². The molecule has 1 aromatic heterocycles. The van der Waals surface area contributed by atoms with Crippen molar-refractivity contribution in [3.05, 3.63) is 47.2 Å². The monoisotopic (exact) mass is 518 g/mol. The predicted octanol–water partition coefficient (Wildman–Crippen LogP) is 3.65. The molecule has 0 bridgehead atoms. The molecule has 4 rings (SSSR count). The zero-order valence-corrected chi connectivity index (χ0v) is 21.3. The molecule has 0 spiro atoms. The second kappa shape index (κ2) is 11.6. The highest BCUT2D eigenvalue weighted by atomic mass is 32.2. The van der Waals surface area contributed by atoms with E-state index in [0.29, 0.717) is 44.1 Å². The largest absolute Gasteiger partial charge is 0.492 e. The van der Waals surface area contributed by atoms with E-state index < -0.39 is 22.1 Å². The van der Waals surface area contributed by atoms with Crippen LogP contribution in [0, 0.1) is 11.8 Å². The number of aliphatic hydroxyl groups is 1. The first kappa shape index (κ1) is 26.4. The third kappa shape index (κ3) is 6.74. The molecule has 10 heteroatoms. The number of aromatic nitrogens is 1. The third-order valence-electron chi connectivity index (χ3n) is 6.85. The smallest absolute Gasteiger partial charge is 0.339 e. The number of sulfonamides is 1. The number of ether oxygens (including phenoxy) is 2. The van der Waals surface area contributed by atoms with Crippen molar-refractivity contribution in [3.8, 4) is 5.75 Å². The molecule has 1 atom stereocenters. The Kier molecular flexibility index (Phi) is 8.48. The van der Waals surface area contributed by atoms with E-state index >= 15 is 0 Å². The van der Waals surface area contributed by atoms with Crippen molar-refractivity contribution < 1.29 is 32.9 Å². The number of carboxylic acids is 1. The molecule has 1 aliphatic carbocycles. The van der Waals surface area contributed by atoms with Crippen molar-refractivity contribution in [1.29, 1.82) is 0 Å². The number of pyridine rings is 1. The SMILES string of the molecule is CCc1cnc(NS(=O)(=O)c2ccc(OCC3CCOCC3)c(C(=O)O)c2)c(CCC(O)C2CC2)c1. The molecule has 0 radical (unpaired) electrons. The average Bonchev–Trinajstić information content (AvgIpc) is 3.72. The molecule has 36 heavy (non-hydrogen) atoms. The van der Waals surface area contributed by atoms with Crippen molar-refractivity contribution in [1.82, 2.24) is 4.98 Å². The van der Waals surface area contributed by atoms with E-state index in [9.17, 15) is 23.4 Å². The molecule has 3 N–H and O–H groups in total. The Labute approximate surface area is 211 Å². The van der Waals surface area contributed by atoms with Gasteiger partial charge in [0.2, 0.25) is 0 Å². The second-order valence-corrected chi connectivity index (χ2v) is 11.3. The van der Waals surface area contributed by atoms with Crippen LogP contribution in [-0.4, -0.2) is 55.5 Å². The highest BCUT2D eigenvalue weighted by Crippen LogP contribution is 2.35. The number of aliphatic hydroxyl groups excluding tert-OH is 1. The quantitative estimate of drug-likeness (QED) is 0.388. The molecule has 196 valence electrons. The molecule has 2 aromatic rings. The number of aryl methyl sites for hydroxylation is 2. The summed E-state index contributed by atoms with van der Waals surface area (Å²) >= 11 is 0. The van der Waals surface area contributed by atoms with E-state index in [0.717, 1.165) is 43.7 Å². The van der Waals surface area contributed by atoms with Gasteiger partial charge in [-0.15, -0.1) is 0 Å². The number of aromatic carboxylic acids is 1. The van der Waals surface area contributed by atoms with Gasteiger partial charge in [-0.25, -0.2) is 18.2 Å². The third-order valence-corrected chi connectivity index (χ3v) is 8.18. The standard InChI is InChI=1S/C26H34N2O7S/c1-2-17-13-20(5-7-23(29)19-3-4-19)25(27-15-17)28-36(32,33)21-6-8-24(22(14-21)26(30)31)35-16-18-9-11-34-12-10-18/h6,8,13-15,18-19,23,29H,2-5,7,9-12,16H2,1H3,(H,27,28)(H,30,31). The van der Waals surface area contributed by atoms with Crippen LogP contribution in [0.3, 0.4) is 0 Å². The number of hydrogen-bond donors (Lipinski definition) is 3. The van der Waals surface area contributed by atoms with Crippen LogP contribution in [0.5, 0.6) is 5.75 Å². The van der Waals surface area contributed by atoms with E-state index in [4.69, 9.17) is 9.47 Å². The number of nitrogens with zero attached hydrogens (tertiary/aromatic N) is 1. The Morgan fingerprint density at radius 3 is 2.64 bits per heavy atom. The summed E-state index contributed by atoms with van der Waals surface area (Å²) in [6, 6.07) is 5.74. The van der Waals surface area contributed by atoms with Crippen LogP contribution in [0.15, 0.2) is 35.4 Å². The van der Waals surface area contributed by atoms with Gasteiger partial charge in [0.15, 0.2) is 0 Å². The number of carbonyl (C=O) groups is 1. The van der Waals surface area contributed by atoms with Crippen LogP contribution >= 0.6 is 0 Å². The minimum atomic E-state index is -4.12. The number of benzene rings is 1. The van der Waals surface area contributed by atoms with Gasteiger partial charge in [0, 0.05) is 19.4 Å². The summed E-state index contributed by atoms with van der Waals surface area (Å²) in [5.41, 5.74) is 1.45. The molecule has 1 aliphatic heterocycles. The van der Waals surface area contributed by atoms with Gasteiger partial charge in [-0.3, -0.25) is 4.72 Å². The first-order valence-electron chi connectivity index (χ1n) is 12.5. The molecule has 1 saturated heterocycles. The second-order valence-electron chi connectivity index (χ2n) is 9.58. The number of carboxylic acid groups (broad SMARTS) is 1. The maximum atomic E-state index is 13.2. The molecule has 1 unspecified atom stereocenters. The lowest BCUT2D eigenvalue weighted by molar-refractivity contribution is 0.0490. The molecule has 0 amide bonds. The lowest BCUT2D eigenvalue weighted by atomic mass is 10.0. The highest BCUT2D eigenvalue weighted by Gasteiger charge is 2.29. The molecular weight excluding hydrogens is 484 g/mol. The lowest BCUT2D eigenvalue weighted by Gasteiger charge is -2.22. The predicted molar refractivity (Wildman–Crippen MR) is 134 cm³/mol. The number of hydrogen-bond acceptors (Lipinski definition) is 7. The molecule has 1 saturated carbocycles. The van der Waals surface area contributed by atoms with Crippen LogP contribution < -0.4 is 9.46 Å². The normalized spacial score (nSPS) is 17.5. The Bertz CT molecular complexity index is 1170. The minimum Gasteiger partial charge on any atom is -0.492 e. The van der Waals surface area contributed by atoms with Crippen molar-refractivity contribution in [3.63, 3.8) is 0 Å². The molecule has 2 fully saturated rings. The van der Waals surface area contributed by atoms with Crippen molar-refractivity contribution >= 4 is 21.8 Å². The first-order chi connectivity index (χ1) is 17.3. The summed E-state index contributed by atoms with van der Waals surface area (Å²) < 4.78 is 40.0. The van der Waals surface area contributed by atoms with Gasteiger partial charge in [0.1, 0.15) is 17.1 Å². The van der Waals surface area contributed by atoms with Gasteiger partial charge < -0.3 is 19.7 Å². The molecule has 2 aliphatic rings. The highest BCUT2D eigenvalue weighted by molar-refractivity contribution is 7.92. The molecular formula is C26H34N2O7S. The van der Waals surface area contributed by atoms with E-state index in [-0.39, 0.29) is 27.9 Å². The van der Waals surface area contributed by atoms with E-state index in [1.165, 1.54) is 12.1 Å². The molecule has 2 heterocycles. The van der Waals surface area contributed by atoms with E-state index in [1.807, 2.05) is 13.0 Å². The van der Waals surface area contributed by atoms with Gasteiger partial charge in [0.25, 0.3) is 10.0 Å². The van der Waals surface area contributed by atoms with Gasteiger partial charge in [0.05, 0.1) is 17.6 Å². The zero-order valence-electron chi connectivity index (χ0n) is 20.5. The molecule has 1 aromatic carbocycles. The lowest BCUT2D eigenvalue weighted by Crippen LogP contribution is -2.22. The summed E-state index contributed by atoms with van der Waals surface area (Å²) in [6.45, 7) is 3.63. The van der Waals surface area contributed by atoms with Gasteiger partial charge in [-0.05, 0) is 86.1 Å². The summed E-state index contributed by atoms with van der Waals surface area (Å²) in [4.78, 5) is 16.0. The Balaban J connectivity index is 1.52. The van der Waals surface area contributed by atoms with Crippen LogP contribution in [0.1, 0.15) is 60.5 Å². The van der Waals surface area contributed by atoms with E-state index in [1.54, 1.807) is 6.20 Å². The Morgan fingerprint density at radius 1 is 1.22 bits per heavy atom. The maximum absolute atomic E-state index is 13.2. The van der Waals surface area contributed by atoms with Crippen LogP contribution in [-0.2, 0) is 27.6 Å². The van der Waals surface area contributed by atoms with Crippen molar-refractivity contribution in [2.24, 2.45) is 11.8 Å². The minimum absolute atomic E-state index is 0.133. The summed E-state index contributed by atoms with van der Waals surface area (Å²) in [5, 5.41) is 20.0. The summed E-state index contributed by atoms with van der Waals surface area (Å²) in [6.07, 6.45) is 6.68. The van der Waals surface area contributed by atoms with Crippen molar-refractivity contribution in [2.75, 3.05) is 24.5 Å². The Morgan fingerprint density at radius 2 is 1.97 bits per heavy atom. The van der Waals surface area contributed by atoms with Crippen molar-refractivity contribution in [2.45, 2.75) is 62.9 Å². The van der Waals surface area contributed by atoms with Gasteiger partial charge in [-0.2, -0.15) is 0 Å². The number of rotatable bonds is 12. The summed E-state index contributed by atoms with van der Waals surface area (Å²) in [7, 11) is -4.12. The summed E-state index contributed by atoms with van der Waals surface area (Å²) in [5.74, 6) is -0.359. The van der Waals surface area contributed by atoms with Gasteiger partial charge >= 0.3 is 5.97 Å². The zero-order chi connectivity index (χ0) is 25.7. The fourth-order valence-electron chi connectivity index (χ4n) is 4.33.